The zero-order valence-corrected chi connectivity index (χ0v) is 12.8. The second kappa shape index (κ2) is 6.05. The Kier molecular flexibility index (Phi) is 5.20. The van der Waals surface area contributed by atoms with Crippen molar-refractivity contribution in [3.63, 3.8) is 0 Å². The molecule has 1 aliphatic heterocycles. The fourth-order valence-corrected chi connectivity index (χ4v) is 2.43. The van der Waals surface area contributed by atoms with Crippen LogP contribution in [-0.4, -0.2) is 24.5 Å². The Labute approximate surface area is 112 Å². The number of carbonyl (C=O) groups is 1. The molecule has 0 saturated carbocycles. The topological polar surface area (TPSA) is 41.1 Å². The first-order chi connectivity index (χ1) is 8.21. The van der Waals surface area contributed by atoms with E-state index in [1.54, 1.807) is 0 Å². The van der Waals surface area contributed by atoms with Crippen molar-refractivity contribution < 1.29 is 4.79 Å². The van der Waals surface area contributed by atoms with Crippen LogP contribution in [0.2, 0.25) is 0 Å². The van der Waals surface area contributed by atoms with Crippen LogP contribution in [-0.2, 0) is 4.79 Å². The van der Waals surface area contributed by atoms with Gasteiger partial charge in [0, 0.05) is 18.5 Å². The summed E-state index contributed by atoms with van der Waals surface area (Å²) in [6.07, 6.45) is 1.77. The molecule has 1 aliphatic rings. The Hall–Kier alpha value is -0.570. The summed E-state index contributed by atoms with van der Waals surface area (Å²) >= 11 is 0. The number of carbonyl (C=O) groups excluding carboxylic acids is 1. The maximum atomic E-state index is 12.1. The Balaban J connectivity index is 2.48. The number of hydrogen-bond donors (Lipinski definition) is 2. The predicted molar refractivity (Wildman–Crippen MR) is 76.4 cm³/mol. The molecule has 4 atom stereocenters. The van der Waals surface area contributed by atoms with Gasteiger partial charge >= 0.3 is 0 Å². The van der Waals surface area contributed by atoms with E-state index in [4.69, 9.17) is 0 Å². The zero-order chi connectivity index (χ0) is 13.9. The van der Waals surface area contributed by atoms with Crippen LogP contribution in [0.4, 0.5) is 0 Å². The van der Waals surface area contributed by atoms with Gasteiger partial charge in [0.1, 0.15) is 0 Å². The summed E-state index contributed by atoms with van der Waals surface area (Å²) in [7, 11) is 0. The van der Waals surface area contributed by atoms with Crippen molar-refractivity contribution in [1.82, 2.24) is 10.6 Å². The van der Waals surface area contributed by atoms with Gasteiger partial charge in [0.2, 0.25) is 5.91 Å². The van der Waals surface area contributed by atoms with E-state index in [1.165, 1.54) is 0 Å². The first-order valence-corrected chi connectivity index (χ1v) is 7.24. The molecule has 106 valence electrons. The van der Waals surface area contributed by atoms with Crippen molar-refractivity contribution in [2.45, 2.75) is 66.5 Å². The minimum absolute atomic E-state index is 0.194. The summed E-state index contributed by atoms with van der Waals surface area (Å²) in [6, 6.07) is 0.654. The van der Waals surface area contributed by atoms with Gasteiger partial charge < -0.3 is 10.6 Å². The van der Waals surface area contributed by atoms with Gasteiger partial charge in [-0.25, -0.2) is 0 Å². The van der Waals surface area contributed by atoms with Gasteiger partial charge in [-0.15, -0.1) is 0 Å². The summed E-state index contributed by atoms with van der Waals surface area (Å²) < 4.78 is 0. The molecule has 0 radical (unpaired) electrons. The molecule has 0 aromatic heterocycles. The summed E-state index contributed by atoms with van der Waals surface area (Å²) in [5, 5.41) is 6.66. The average Bonchev–Trinajstić information content (AvgIpc) is 2.22. The number of amides is 1. The number of nitrogens with one attached hydrogen (secondary N) is 2. The number of piperidine rings is 1. The van der Waals surface area contributed by atoms with E-state index in [0.717, 1.165) is 13.0 Å². The molecular weight excluding hydrogens is 224 g/mol. The lowest BCUT2D eigenvalue weighted by Gasteiger charge is -2.36. The van der Waals surface area contributed by atoms with Crippen molar-refractivity contribution in [3.8, 4) is 0 Å². The number of hydrogen-bond acceptors (Lipinski definition) is 2. The normalized spacial score (nSPS) is 30.9. The first-order valence-electron chi connectivity index (χ1n) is 7.24. The van der Waals surface area contributed by atoms with Crippen LogP contribution in [0, 0.1) is 17.3 Å². The minimum Gasteiger partial charge on any atom is -0.352 e. The molecule has 1 rings (SSSR count). The van der Waals surface area contributed by atoms with Gasteiger partial charge in [0.05, 0.1) is 0 Å². The molecule has 0 aliphatic carbocycles. The number of rotatable bonds is 3. The van der Waals surface area contributed by atoms with Gasteiger partial charge in [-0.2, -0.15) is 0 Å². The Morgan fingerprint density at radius 2 is 2.00 bits per heavy atom. The Morgan fingerprint density at radius 3 is 2.50 bits per heavy atom. The molecule has 1 amide bonds. The highest BCUT2D eigenvalue weighted by molar-refractivity contribution is 5.76. The molecule has 18 heavy (non-hydrogen) atoms. The molecular formula is C15H30N2O. The van der Waals surface area contributed by atoms with Crippen molar-refractivity contribution in [2.75, 3.05) is 6.54 Å². The SMILES string of the molecule is CC1CCNC(C)C1NC(=O)CC(C)C(C)(C)C. The van der Waals surface area contributed by atoms with Gasteiger partial charge in [0.25, 0.3) is 0 Å². The third-order valence-corrected chi connectivity index (χ3v) is 4.52. The van der Waals surface area contributed by atoms with E-state index in [0.29, 0.717) is 24.3 Å². The van der Waals surface area contributed by atoms with Crippen LogP contribution in [0.1, 0.15) is 54.4 Å². The fourth-order valence-electron chi connectivity index (χ4n) is 2.43. The smallest absolute Gasteiger partial charge is 0.220 e. The van der Waals surface area contributed by atoms with E-state index in [9.17, 15) is 4.79 Å². The second-order valence-electron chi connectivity index (χ2n) is 7.07. The van der Waals surface area contributed by atoms with Crippen molar-refractivity contribution in [1.29, 1.82) is 0 Å². The quantitative estimate of drug-likeness (QED) is 0.812. The first kappa shape index (κ1) is 15.5. The van der Waals surface area contributed by atoms with E-state index in [2.05, 4.69) is 52.2 Å². The lowest BCUT2D eigenvalue weighted by molar-refractivity contribution is -0.124. The van der Waals surface area contributed by atoms with Crippen molar-refractivity contribution >= 4 is 5.91 Å². The van der Waals surface area contributed by atoms with E-state index >= 15 is 0 Å². The van der Waals surface area contributed by atoms with Gasteiger partial charge in [0.15, 0.2) is 0 Å². The minimum atomic E-state index is 0.194. The average molecular weight is 254 g/mol. The van der Waals surface area contributed by atoms with Crippen LogP contribution < -0.4 is 10.6 Å². The van der Waals surface area contributed by atoms with Crippen LogP contribution in [0.15, 0.2) is 0 Å². The summed E-state index contributed by atoms with van der Waals surface area (Å²) in [5.41, 5.74) is 0.194. The van der Waals surface area contributed by atoms with Gasteiger partial charge in [-0.1, -0.05) is 34.6 Å². The maximum absolute atomic E-state index is 12.1. The highest BCUT2D eigenvalue weighted by atomic mass is 16.1. The van der Waals surface area contributed by atoms with Gasteiger partial charge in [-0.05, 0) is 37.1 Å². The van der Waals surface area contributed by atoms with Crippen LogP contribution >= 0.6 is 0 Å². The molecule has 3 heteroatoms. The lowest BCUT2D eigenvalue weighted by atomic mass is 9.80. The van der Waals surface area contributed by atoms with E-state index in [1.807, 2.05) is 0 Å². The molecule has 2 N–H and O–H groups in total. The molecule has 3 nitrogen and oxygen atoms in total. The summed E-state index contributed by atoms with van der Waals surface area (Å²) in [6.45, 7) is 14.2. The van der Waals surface area contributed by atoms with E-state index < -0.39 is 0 Å². The Morgan fingerprint density at radius 1 is 1.39 bits per heavy atom. The molecule has 0 aromatic carbocycles. The largest absolute Gasteiger partial charge is 0.352 e. The molecule has 0 spiro atoms. The van der Waals surface area contributed by atoms with Crippen LogP contribution in [0.5, 0.6) is 0 Å². The van der Waals surface area contributed by atoms with Crippen LogP contribution in [0.3, 0.4) is 0 Å². The summed E-state index contributed by atoms with van der Waals surface area (Å²) in [4.78, 5) is 12.1. The molecule has 1 fully saturated rings. The molecule has 0 bridgehead atoms. The third-order valence-electron chi connectivity index (χ3n) is 4.52. The lowest BCUT2D eigenvalue weighted by Crippen LogP contribution is -2.56. The maximum Gasteiger partial charge on any atom is 0.220 e. The standard InChI is InChI=1S/C15H30N2O/c1-10-7-8-16-12(3)14(10)17-13(18)9-11(2)15(4,5)6/h10-12,14,16H,7-9H2,1-6H3,(H,17,18). The molecule has 0 aromatic rings. The third kappa shape index (κ3) is 4.27. The monoisotopic (exact) mass is 254 g/mol. The second-order valence-corrected chi connectivity index (χ2v) is 7.07. The van der Waals surface area contributed by atoms with E-state index in [-0.39, 0.29) is 17.4 Å². The predicted octanol–water partition coefficient (Wildman–Crippen LogP) is 2.56. The highest BCUT2D eigenvalue weighted by Gasteiger charge is 2.30. The molecule has 1 heterocycles. The molecule has 1 saturated heterocycles. The van der Waals surface area contributed by atoms with Crippen LogP contribution in [0.25, 0.3) is 0 Å². The fraction of sp³-hybridized carbons (Fsp3) is 0.933. The Bertz CT molecular complexity index is 273. The zero-order valence-electron chi connectivity index (χ0n) is 12.8. The molecule has 4 unspecified atom stereocenters. The van der Waals surface area contributed by atoms with Crippen molar-refractivity contribution in [3.05, 3.63) is 0 Å². The summed E-state index contributed by atoms with van der Waals surface area (Å²) in [5.74, 6) is 1.17. The van der Waals surface area contributed by atoms with Crippen molar-refractivity contribution in [2.24, 2.45) is 17.3 Å². The highest BCUT2D eigenvalue weighted by Crippen LogP contribution is 2.28. The van der Waals surface area contributed by atoms with Gasteiger partial charge in [-0.3, -0.25) is 4.79 Å².